The Labute approximate surface area is 156 Å². The summed E-state index contributed by atoms with van der Waals surface area (Å²) in [7, 11) is 0. The van der Waals surface area contributed by atoms with Crippen LogP contribution in [0.3, 0.4) is 0 Å². The third kappa shape index (κ3) is 4.13. The van der Waals surface area contributed by atoms with Gasteiger partial charge in [-0.3, -0.25) is 4.79 Å². The van der Waals surface area contributed by atoms with Crippen molar-refractivity contribution in [2.24, 2.45) is 0 Å². The number of benzene rings is 2. The summed E-state index contributed by atoms with van der Waals surface area (Å²) in [5.74, 6) is -3.48. The zero-order valence-electron chi connectivity index (χ0n) is 15.2. The molecule has 3 rings (SSSR count). The van der Waals surface area contributed by atoms with Crippen molar-refractivity contribution in [3.63, 3.8) is 0 Å². The first-order valence-corrected chi connectivity index (χ1v) is 8.83. The van der Waals surface area contributed by atoms with Crippen molar-refractivity contribution in [1.29, 1.82) is 0 Å². The van der Waals surface area contributed by atoms with Crippen LogP contribution in [0.2, 0.25) is 0 Å². The molecule has 1 aliphatic rings. The standard InChI is InChI=1S/C22H20F2O3/c1-3-27-21(26)17-9-10-19-15(13-17)7-8-16(20(19)25)11-14-5-4-6-18(12-14)22(2,23)24/h4-6,9-13H,3,7-8H2,1-2H3/b16-11+. The predicted molar refractivity (Wildman–Crippen MR) is 99.0 cm³/mol. The molecule has 27 heavy (non-hydrogen) atoms. The minimum Gasteiger partial charge on any atom is -0.462 e. The number of hydrogen-bond donors (Lipinski definition) is 0. The van der Waals surface area contributed by atoms with Crippen molar-refractivity contribution in [3.05, 3.63) is 75.9 Å². The molecular formula is C22H20F2O3. The van der Waals surface area contributed by atoms with Gasteiger partial charge in [0.1, 0.15) is 0 Å². The first kappa shape index (κ1) is 19.0. The number of carbonyl (C=O) groups is 2. The molecule has 0 bridgehead atoms. The topological polar surface area (TPSA) is 43.4 Å². The number of Topliss-reactive ketones (excluding diaryl/α,β-unsaturated/α-hetero) is 1. The van der Waals surface area contributed by atoms with E-state index in [-0.39, 0.29) is 18.0 Å². The van der Waals surface area contributed by atoms with E-state index < -0.39 is 11.9 Å². The monoisotopic (exact) mass is 370 g/mol. The fourth-order valence-corrected chi connectivity index (χ4v) is 3.16. The van der Waals surface area contributed by atoms with E-state index in [1.54, 1.807) is 43.3 Å². The lowest BCUT2D eigenvalue weighted by atomic mass is 9.85. The van der Waals surface area contributed by atoms with Gasteiger partial charge in [0.05, 0.1) is 12.2 Å². The SMILES string of the molecule is CCOC(=O)c1ccc2c(c1)CC/C(=C\c1cccc(C(C)(F)F)c1)C2=O. The van der Waals surface area contributed by atoms with Crippen molar-refractivity contribution in [2.45, 2.75) is 32.6 Å². The maximum Gasteiger partial charge on any atom is 0.338 e. The summed E-state index contributed by atoms with van der Waals surface area (Å²) in [4.78, 5) is 24.6. The van der Waals surface area contributed by atoms with Gasteiger partial charge >= 0.3 is 5.97 Å². The van der Waals surface area contributed by atoms with E-state index in [0.29, 0.717) is 35.1 Å². The average molecular weight is 370 g/mol. The highest BCUT2D eigenvalue weighted by atomic mass is 19.3. The molecule has 140 valence electrons. The van der Waals surface area contributed by atoms with E-state index in [1.807, 2.05) is 0 Å². The predicted octanol–water partition coefficient (Wildman–Crippen LogP) is 5.19. The first-order chi connectivity index (χ1) is 12.8. The van der Waals surface area contributed by atoms with Gasteiger partial charge in [0.25, 0.3) is 5.92 Å². The van der Waals surface area contributed by atoms with Gasteiger partial charge in [-0.15, -0.1) is 0 Å². The lowest BCUT2D eigenvalue weighted by Crippen LogP contribution is -2.16. The molecule has 1 aliphatic carbocycles. The Morgan fingerprint density at radius 2 is 1.96 bits per heavy atom. The minimum absolute atomic E-state index is 0.0837. The Hall–Kier alpha value is -2.82. The number of ether oxygens (including phenoxy) is 1. The molecular weight excluding hydrogens is 350 g/mol. The molecule has 0 heterocycles. The van der Waals surface area contributed by atoms with Gasteiger partial charge in [0.15, 0.2) is 5.78 Å². The molecule has 0 N–H and O–H groups in total. The molecule has 0 saturated carbocycles. The zero-order chi connectivity index (χ0) is 19.6. The molecule has 2 aromatic carbocycles. The average Bonchev–Trinajstić information content (AvgIpc) is 2.63. The minimum atomic E-state index is -2.93. The van der Waals surface area contributed by atoms with Gasteiger partial charge in [-0.1, -0.05) is 18.2 Å². The molecule has 2 aromatic rings. The number of carbonyl (C=O) groups excluding carboxylic acids is 2. The Balaban J connectivity index is 1.89. The molecule has 0 spiro atoms. The van der Waals surface area contributed by atoms with Crippen molar-refractivity contribution in [2.75, 3.05) is 6.61 Å². The summed E-state index contributed by atoms with van der Waals surface area (Å²) in [6.45, 7) is 2.88. The van der Waals surface area contributed by atoms with Crippen molar-refractivity contribution >= 4 is 17.8 Å². The second kappa shape index (κ2) is 7.43. The molecule has 0 aromatic heterocycles. The highest BCUT2D eigenvalue weighted by Gasteiger charge is 2.25. The summed E-state index contributed by atoms with van der Waals surface area (Å²) in [5, 5.41) is 0. The lowest BCUT2D eigenvalue weighted by molar-refractivity contribution is 0.0174. The molecule has 0 unspecified atom stereocenters. The van der Waals surface area contributed by atoms with Crippen LogP contribution >= 0.6 is 0 Å². The summed E-state index contributed by atoms with van der Waals surface area (Å²) >= 11 is 0. The molecule has 0 fully saturated rings. The van der Waals surface area contributed by atoms with Crippen LogP contribution in [0.5, 0.6) is 0 Å². The zero-order valence-corrected chi connectivity index (χ0v) is 15.2. The van der Waals surface area contributed by atoms with Crippen LogP contribution in [0, 0.1) is 0 Å². The summed E-state index contributed by atoms with van der Waals surface area (Å²) in [6.07, 6.45) is 2.76. The van der Waals surface area contributed by atoms with E-state index >= 15 is 0 Å². The number of alkyl halides is 2. The Morgan fingerprint density at radius 3 is 2.67 bits per heavy atom. The third-order valence-corrected chi connectivity index (χ3v) is 4.55. The maximum absolute atomic E-state index is 13.5. The van der Waals surface area contributed by atoms with Gasteiger partial charge in [0, 0.05) is 23.6 Å². The van der Waals surface area contributed by atoms with Gasteiger partial charge in [-0.05, 0) is 61.2 Å². The normalized spacial score (nSPS) is 15.6. The van der Waals surface area contributed by atoms with Crippen molar-refractivity contribution < 1.29 is 23.1 Å². The molecule has 0 aliphatic heterocycles. The van der Waals surface area contributed by atoms with Crippen LogP contribution in [0.4, 0.5) is 8.78 Å². The van der Waals surface area contributed by atoms with Crippen LogP contribution in [0.15, 0.2) is 48.0 Å². The summed E-state index contributed by atoms with van der Waals surface area (Å²) in [6, 6.07) is 10.9. The number of rotatable bonds is 4. The largest absolute Gasteiger partial charge is 0.462 e. The number of esters is 1. The highest BCUT2D eigenvalue weighted by molar-refractivity contribution is 6.13. The molecule has 0 radical (unpaired) electrons. The lowest BCUT2D eigenvalue weighted by Gasteiger charge is -2.18. The number of fused-ring (bicyclic) bond motifs is 1. The second-order valence-corrected chi connectivity index (χ2v) is 6.60. The van der Waals surface area contributed by atoms with Gasteiger partial charge in [0.2, 0.25) is 0 Å². The Morgan fingerprint density at radius 1 is 1.19 bits per heavy atom. The fourth-order valence-electron chi connectivity index (χ4n) is 3.16. The Bertz CT molecular complexity index is 923. The summed E-state index contributed by atoms with van der Waals surface area (Å²) in [5.41, 5.74) is 2.83. The first-order valence-electron chi connectivity index (χ1n) is 8.83. The van der Waals surface area contributed by atoms with Crippen molar-refractivity contribution in [3.8, 4) is 0 Å². The smallest absolute Gasteiger partial charge is 0.338 e. The summed E-state index contributed by atoms with van der Waals surface area (Å²) < 4.78 is 32.0. The fraction of sp³-hybridized carbons (Fsp3) is 0.273. The molecule has 3 nitrogen and oxygen atoms in total. The number of hydrogen-bond acceptors (Lipinski definition) is 3. The van der Waals surface area contributed by atoms with Crippen LogP contribution in [-0.4, -0.2) is 18.4 Å². The van der Waals surface area contributed by atoms with E-state index in [2.05, 4.69) is 0 Å². The number of allylic oxidation sites excluding steroid dienone is 1. The van der Waals surface area contributed by atoms with Gasteiger partial charge in [-0.25, -0.2) is 13.6 Å². The molecule has 5 heteroatoms. The van der Waals surface area contributed by atoms with Crippen LogP contribution < -0.4 is 0 Å². The van der Waals surface area contributed by atoms with Crippen molar-refractivity contribution in [1.82, 2.24) is 0 Å². The van der Waals surface area contributed by atoms with E-state index in [4.69, 9.17) is 4.74 Å². The second-order valence-electron chi connectivity index (χ2n) is 6.60. The van der Waals surface area contributed by atoms with Gasteiger partial charge < -0.3 is 4.74 Å². The molecule has 0 atom stereocenters. The molecule has 0 amide bonds. The van der Waals surface area contributed by atoms with E-state index in [9.17, 15) is 18.4 Å². The van der Waals surface area contributed by atoms with E-state index in [0.717, 1.165) is 12.5 Å². The maximum atomic E-state index is 13.5. The van der Waals surface area contributed by atoms with Crippen LogP contribution in [0.1, 0.15) is 57.7 Å². The van der Waals surface area contributed by atoms with Crippen LogP contribution in [0.25, 0.3) is 6.08 Å². The molecule has 0 saturated heterocycles. The number of halogens is 2. The highest BCUT2D eigenvalue weighted by Crippen LogP contribution is 2.30. The van der Waals surface area contributed by atoms with E-state index in [1.165, 1.54) is 12.1 Å². The number of aryl methyl sites for hydroxylation is 1. The van der Waals surface area contributed by atoms with Gasteiger partial charge in [-0.2, -0.15) is 0 Å². The Kier molecular flexibility index (Phi) is 5.22. The third-order valence-electron chi connectivity index (χ3n) is 4.55. The quantitative estimate of drug-likeness (QED) is 0.550. The number of ketones is 1. The van der Waals surface area contributed by atoms with Crippen LogP contribution in [-0.2, 0) is 17.1 Å².